The van der Waals surface area contributed by atoms with Crippen molar-refractivity contribution >= 4 is 33.2 Å². The van der Waals surface area contributed by atoms with Crippen LogP contribution in [-0.4, -0.2) is 70.0 Å². The number of nitrogens with one attached hydrogen (secondary N) is 2. The van der Waals surface area contributed by atoms with Crippen LogP contribution in [0.5, 0.6) is 11.5 Å². The van der Waals surface area contributed by atoms with Crippen LogP contribution in [0.3, 0.4) is 0 Å². The van der Waals surface area contributed by atoms with Crippen molar-refractivity contribution in [2.75, 3.05) is 36.9 Å². The summed E-state index contributed by atoms with van der Waals surface area (Å²) in [4.78, 5) is 8.79. The van der Waals surface area contributed by atoms with E-state index in [-0.39, 0.29) is 0 Å². The van der Waals surface area contributed by atoms with E-state index in [1.807, 2.05) is 13.8 Å². The molecule has 4 N–H and O–H groups in total. The molecule has 0 fully saturated rings. The number of anilines is 2. The number of rotatable bonds is 12. The summed E-state index contributed by atoms with van der Waals surface area (Å²) in [5.41, 5.74) is -2.95. The van der Waals surface area contributed by atoms with E-state index in [2.05, 4.69) is 20.6 Å². The first-order valence-electron chi connectivity index (χ1n) is 21.5. The Morgan fingerprint density at radius 3 is 1.30 bits per heavy atom. The van der Waals surface area contributed by atoms with E-state index in [0.29, 0.717) is 93.0 Å². The zero-order chi connectivity index (χ0) is 48.0. The number of halogens is 8. The van der Waals surface area contributed by atoms with Crippen molar-refractivity contribution in [3.8, 4) is 11.5 Å². The summed E-state index contributed by atoms with van der Waals surface area (Å²) < 4.78 is 125. The zero-order valence-corrected chi connectivity index (χ0v) is 37.4. The first-order valence-corrected chi connectivity index (χ1v) is 21.5. The van der Waals surface area contributed by atoms with Gasteiger partial charge >= 0.3 is 12.4 Å². The summed E-state index contributed by atoms with van der Waals surface area (Å²) in [5, 5.41) is 28.7. The Kier molecular flexibility index (Phi) is 13.0. The molecule has 6 aromatic rings. The van der Waals surface area contributed by atoms with Gasteiger partial charge in [0.1, 0.15) is 23.1 Å². The molecule has 0 saturated carbocycles. The number of hydrogen-bond donors (Lipinski definition) is 4. The van der Waals surface area contributed by atoms with Gasteiger partial charge in [-0.15, -0.1) is 0 Å². The number of pyridine rings is 2. The number of alkyl halides is 6. The van der Waals surface area contributed by atoms with Crippen LogP contribution in [0, 0.1) is 25.5 Å². The van der Waals surface area contributed by atoms with Crippen molar-refractivity contribution in [1.29, 1.82) is 0 Å². The molecule has 8 rings (SSSR count). The normalized spacial score (nSPS) is 15.8. The van der Waals surface area contributed by atoms with E-state index in [4.69, 9.17) is 9.47 Å². The van der Waals surface area contributed by atoms with Gasteiger partial charge in [0.05, 0.1) is 37.3 Å². The number of aromatic nitrogens is 2. The minimum atomic E-state index is -4.92. The Balaban J connectivity index is 0.000000196. The summed E-state index contributed by atoms with van der Waals surface area (Å²) in [6.45, 7) is 9.06. The van der Waals surface area contributed by atoms with Gasteiger partial charge in [0, 0.05) is 68.6 Å². The van der Waals surface area contributed by atoms with Gasteiger partial charge in [-0.25, -0.2) is 8.78 Å². The van der Waals surface area contributed by atoms with Crippen LogP contribution >= 0.6 is 0 Å². The summed E-state index contributed by atoms with van der Waals surface area (Å²) in [7, 11) is 0. The van der Waals surface area contributed by atoms with Gasteiger partial charge in [-0.05, 0) is 110 Å². The third-order valence-electron chi connectivity index (χ3n) is 12.4. The van der Waals surface area contributed by atoms with Crippen molar-refractivity contribution in [1.82, 2.24) is 9.97 Å². The fraction of sp³-hybridized carbons (Fsp3) is 0.400. The van der Waals surface area contributed by atoms with E-state index in [1.54, 1.807) is 88.4 Å². The number of nitrogens with zero attached hydrogens (tertiary/aromatic N) is 2. The SMILES string of the molecule is Cc1ccc2c(NC[C@@](O)(CC(C)(C)c3cc(F)cc4c3OCC4)C(F)(F)F)cccc2n1.Cc1ccc2c(NC[C@](O)(CC(C)(C)c3cc(F)cc4c3OCC4)C(F)(F)F)cccc2n1. The molecule has 2 atom stereocenters. The molecule has 4 aromatic carbocycles. The van der Waals surface area contributed by atoms with Gasteiger partial charge < -0.3 is 30.3 Å². The average Bonchev–Trinajstić information content (AvgIpc) is 3.90. The molecule has 0 bridgehead atoms. The van der Waals surface area contributed by atoms with Crippen LogP contribution in [0.1, 0.15) is 74.2 Å². The number of fused-ring (bicyclic) bond motifs is 4. The predicted molar refractivity (Wildman–Crippen MR) is 238 cm³/mol. The molecule has 0 saturated heterocycles. The third-order valence-corrected chi connectivity index (χ3v) is 12.4. The smallest absolute Gasteiger partial charge is 0.418 e. The van der Waals surface area contributed by atoms with Crippen LogP contribution in [0.15, 0.2) is 84.9 Å². The number of hydrogen-bond acceptors (Lipinski definition) is 8. The number of benzene rings is 4. The lowest BCUT2D eigenvalue weighted by Crippen LogP contribution is -2.53. The van der Waals surface area contributed by atoms with E-state index in [0.717, 1.165) is 11.4 Å². The third kappa shape index (κ3) is 9.99. The first kappa shape index (κ1) is 48.2. The van der Waals surface area contributed by atoms with Gasteiger partial charge in [0.15, 0.2) is 11.2 Å². The fourth-order valence-corrected chi connectivity index (χ4v) is 9.03. The molecule has 2 aliphatic heterocycles. The summed E-state index contributed by atoms with van der Waals surface area (Å²) in [6, 6.07) is 22.4. The molecule has 0 aliphatic carbocycles. The van der Waals surface area contributed by atoms with Crippen molar-refractivity contribution in [2.45, 2.75) is 102 Å². The van der Waals surface area contributed by atoms with Crippen LogP contribution in [0.4, 0.5) is 46.5 Å². The topological polar surface area (TPSA) is 109 Å². The standard InChI is InChI=1S/2C25H26F4N2O2/c2*1-15-7-8-18-20(5-4-6-21(18)31-15)30-14-24(32,25(27,28)29)13-23(2,3)19-12-17(26)11-16-9-10-33-22(16)19/h2*4-8,11-12,30,32H,9-10,13-14H2,1-3H3/t2*24-/m10/s1. The number of aliphatic hydroxyl groups is 2. The highest BCUT2D eigenvalue weighted by atomic mass is 19.4. The van der Waals surface area contributed by atoms with Gasteiger partial charge in [0.25, 0.3) is 0 Å². The molecule has 0 unspecified atom stereocenters. The molecule has 66 heavy (non-hydrogen) atoms. The Morgan fingerprint density at radius 1 is 0.561 bits per heavy atom. The van der Waals surface area contributed by atoms with Crippen molar-refractivity contribution in [2.24, 2.45) is 0 Å². The van der Waals surface area contributed by atoms with E-state index >= 15 is 0 Å². The first-order chi connectivity index (χ1) is 30.8. The molecule has 0 radical (unpaired) electrons. The van der Waals surface area contributed by atoms with Crippen LogP contribution < -0.4 is 20.1 Å². The van der Waals surface area contributed by atoms with Gasteiger partial charge in [0.2, 0.25) is 0 Å². The zero-order valence-electron chi connectivity index (χ0n) is 37.4. The summed E-state index contributed by atoms with van der Waals surface area (Å²) in [6.07, 6.45) is -10.2. The summed E-state index contributed by atoms with van der Waals surface area (Å²) in [5.74, 6) is -0.243. The lowest BCUT2D eigenvalue weighted by molar-refractivity contribution is -0.260. The minimum absolute atomic E-state index is 0.322. The molecular weight excluding hydrogens is 873 g/mol. The molecule has 2 aliphatic rings. The molecule has 4 heterocycles. The minimum Gasteiger partial charge on any atom is -0.493 e. The van der Waals surface area contributed by atoms with Crippen molar-refractivity contribution in [3.63, 3.8) is 0 Å². The average molecular weight is 925 g/mol. The number of ether oxygens (including phenoxy) is 2. The van der Waals surface area contributed by atoms with Crippen molar-refractivity contribution in [3.05, 3.63) is 130 Å². The second-order valence-corrected chi connectivity index (χ2v) is 18.6. The Morgan fingerprint density at radius 2 is 0.939 bits per heavy atom. The quantitative estimate of drug-likeness (QED) is 0.0899. The highest BCUT2D eigenvalue weighted by Crippen LogP contribution is 2.48. The largest absolute Gasteiger partial charge is 0.493 e. The van der Waals surface area contributed by atoms with E-state index in [1.165, 1.54) is 24.3 Å². The van der Waals surface area contributed by atoms with Crippen LogP contribution in [-0.2, 0) is 23.7 Å². The van der Waals surface area contributed by atoms with Crippen LogP contribution in [0.25, 0.3) is 21.8 Å². The highest BCUT2D eigenvalue weighted by Gasteiger charge is 2.57. The van der Waals surface area contributed by atoms with Gasteiger partial charge in [-0.2, -0.15) is 26.3 Å². The Hall–Kier alpha value is -5.74. The second-order valence-electron chi connectivity index (χ2n) is 18.6. The number of aryl methyl sites for hydroxylation is 2. The van der Waals surface area contributed by atoms with E-state index < -0.39 is 72.0 Å². The lowest BCUT2D eigenvalue weighted by atomic mass is 9.74. The monoisotopic (exact) mass is 924 g/mol. The van der Waals surface area contributed by atoms with Crippen molar-refractivity contribution < 1.29 is 54.8 Å². The molecule has 16 heteroatoms. The Labute approximate surface area is 377 Å². The van der Waals surface area contributed by atoms with Crippen LogP contribution in [0.2, 0.25) is 0 Å². The highest BCUT2D eigenvalue weighted by molar-refractivity contribution is 5.92. The maximum absolute atomic E-state index is 14.2. The molecule has 2 aromatic heterocycles. The molecule has 0 amide bonds. The van der Waals surface area contributed by atoms with Gasteiger partial charge in [-0.3, -0.25) is 9.97 Å². The molecule has 352 valence electrons. The maximum Gasteiger partial charge on any atom is 0.418 e. The predicted octanol–water partition coefficient (Wildman–Crippen LogP) is 11.4. The molecule has 8 nitrogen and oxygen atoms in total. The van der Waals surface area contributed by atoms with Gasteiger partial charge in [-0.1, -0.05) is 39.8 Å². The second kappa shape index (κ2) is 17.8. The molecular formula is C50H52F8N4O4. The molecule has 0 spiro atoms. The summed E-state index contributed by atoms with van der Waals surface area (Å²) >= 11 is 0. The maximum atomic E-state index is 14.2. The van der Waals surface area contributed by atoms with E-state index in [9.17, 15) is 45.3 Å². The fourth-order valence-electron chi connectivity index (χ4n) is 9.03. The lowest BCUT2D eigenvalue weighted by Gasteiger charge is -2.38. The Bertz CT molecular complexity index is 2570.